The molecule has 0 spiro atoms. The minimum atomic E-state index is 0. The van der Waals surface area contributed by atoms with Crippen LogP contribution in [0.5, 0.6) is 5.75 Å². The summed E-state index contributed by atoms with van der Waals surface area (Å²) in [4.78, 5) is 4.43. The first-order chi connectivity index (χ1) is 10.1. The van der Waals surface area contributed by atoms with Crippen molar-refractivity contribution >= 4 is 47.2 Å². The van der Waals surface area contributed by atoms with Crippen molar-refractivity contribution in [2.45, 2.75) is 19.3 Å². The van der Waals surface area contributed by atoms with Crippen molar-refractivity contribution in [2.24, 2.45) is 16.1 Å². The summed E-state index contributed by atoms with van der Waals surface area (Å²) in [7, 11) is 3.31. The lowest BCUT2D eigenvalue weighted by molar-refractivity contribution is 0.174. The highest BCUT2D eigenvalue weighted by molar-refractivity contribution is 14.0. The van der Waals surface area contributed by atoms with Crippen LogP contribution in [0.3, 0.4) is 0 Å². The van der Waals surface area contributed by atoms with Gasteiger partial charge in [0.15, 0.2) is 5.96 Å². The number of methoxy groups -OCH3 is 2. The Labute approximate surface area is 153 Å². The zero-order valence-corrected chi connectivity index (χ0v) is 16.0. The topological polar surface area (TPSA) is 68.9 Å². The highest BCUT2D eigenvalue weighted by Gasteiger charge is 2.41. The highest BCUT2D eigenvalue weighted by atomic mass is 127. The van der Waals surface area contributed by atoms with Gasteiger partial charge in [-0.2, -0.15) is 0 Å². The monoisotopic (exact) mass is 439 g/mol. The first-order valence-corrected chi connectivity index (χ1v) is 7.36. The Morgan fingerprint density at radius 3 is 2.68 bits per heavy atom. The van der Waals surface area contributed by atoms with Gasteiger partial charge in [-0.25, -0.2) is 0 Å². The van der Waals surface area contributed by atoms with Crippen molar-refractivity contribution in [2.75, 3.05) is 32.7 Å². The van der Waals surface area contributed by atoms with E-state index in [4.69, 9.17) is 26.8 Å². The minimum absolute atomic E-state index is 0. The molecule has 0 aliphatic heterocycles. The number of nitrogens with zero attached hydrogens (tertiary/aromatic N) is 1. The van der Waals surface area contributed by atoms with Gasteiger partial charge in [0.25, 0.3) is 0 Å². The number of halogens is 2. The molecule has 0 aromatic heterocycles. The molecule has 0 bridgehead atoms. The fourth-order valence-corrected chi connectivity index (χ4v) is 2.42. The van der Waals surface area contributed by atoms with Crippen LogP contribution in [0.1, 0.15) is 19.3 Å². The second-order valence-corrected chi connectivity index (χ2v) is 5.83. The van der Waals surface area contributed by atoms with Crippen LogP contribution < -0.4 is 15.8 Å². The predicted octanol–water partition coefficient (Wildman–Crippen LogP) is 3.51. The Hall–Kier alpha value is -0.730. The Morgan fingerprint density at radius 1 is 1.41 bits per heavy atom. The summed E-state index contributed by atoms with van der Waals surface area (Å²) in [5.41, 5.74) is 7.01. The molecule has 3 N–H and O–H groups in total. The number of hydrogen-bond acceptors (Lipinski definition) is 3. The lowest BCUT2D eigenvalue weighted by Crippen LogP contribution is -2.24. The minimum Gasteiger partial charge on any atom is -0.495 e. The zero-order chi connectivity index (χ0) is 15.3. The summed E-state index contributed by atoms with van der Waals surface area (Å²) in [6, 6.07) is 5.41. The molecule has 1 aromatic carbocycles. The first-order valence-electron chi connectivity index (χ1n) is 6.98. The third-order valence-corrected chi connectivity index (χ3v) is 4.10. The summed E-state index contributed by atoms with van der Waals surface area (Å²) >= 11 is 6.07. The van der Waals surface area contributed by atoms with Crippen molar-refractivity contribution in [3.63, 3.8) is 0 Å². The molecule has 2 rings (SSSR count). The molecule has 0 unspecified atom stereocenters. The number of guanidine groups is 1. The molecule has 1 fully saturated rings. The van der Waals surface area contributed by atoms with Crippen LogP contribution in [0.15, 0.2) is 23.2 Å². The molecule has 0 amide bonds. The van der Waals surface area contributed by atoms with Gasteiger partial charge >= 0.3 is 0 Å². The molecule has 5 nitrogen and oxygen atoms in total. The molecule has 7 heteroatoms. The molecule has 1 aliphatic carbocycles. The van der Waals surface area contributed by atoms with Crippen LogP contribution in [0.2, 0.25) is 5.02 Å². The Bertz CT molecular complexity index is 522. The van der Waals surface area contributed by atoms with Crippen LogP contribution in [-0.4, -0.2) is 33.3 Å². The Morgan fingerprint density at radius 2 is 2.14 bits per heavy atom. The third-order valence-electron chi connectivity index (χ3n) is 3.80. The van der Waals surface area contributed by atoms with Gasteiger partial charge in [0.1, 0.15) is 5.75 Å². The van der Waals surface area contributed by atoms with Gasteiger partial charge in [-0.15, -0.1) is 24.0 Å². The van der Waals surface area contributed by atoms with Crippen LogP contribution in [0.4, 0.5) is 5.69 Å². The third kappa shape index (κ3) is 5.48. The number of aliphatic imine (C=N–C) groups is 1. The quantitative estimate of drug-likeness (QED) is 0.387. The molecular weight excluding hydrogens is 417 g/mol. The average Bonchev–Trinajstić information content (AvgIpc) is 3.24. The van der Waals surface area contributed by atoms with Gasteiger partial charge in [0, 0.05) is 25.9 Å². The molecule has 0 heterocycles. The van der Waals surface area contributed by atoms with Crippen molar-refractivity contribution in [1.29, 1.82) is 0 Å². The molecule has 0 atom stereocenters. The SMILES string of the molecule is COCCC1(CN=C(N)Nc2ccc(OC)c(Cl)c2)CC1.I. The first kappa shape index (κ1) is 19.3. The number of nitrogens with one attached hydrogen (secondary N) is 1. The molecular formula is C15H23ClIN3O2. The van der Waals surface area contributed by atoms with E-state index < -0.39 is 0 Å². The van der Waals surface area contributed by atoms with Crippen molar-refractivity contribution in [3.8, 4) is 5.75 Å². The average molecular weight is 440 g/mol. The van der Waals surface area contributed by atoms with Crippen molar-refractivity contribution in [3.05, 3.63) is 23.2 Å². The van der Waals surface area contributed by atoms with E-state index in [2.05, 4.69) is 10.3 Å². The normalized spacial score (nSPS) is 15.9. The van der Waals surface area contributed by atoms with Crippen molar-refractivity contribution in [1.82, 2.24) is 0 Å². The van der Waals surface area contributed by atoms with E-state index in [1.165, 1.54) is 12.8 Å². The zero-order valence-electron chi connectivity index (χ0n) is 12.9. The van der Waals surface area contributed by atoms with E-state index >= 15 is 0 Å². The molecule has 124 valence electrons. The van der Waals surface area contributed by atoms with Crippen LogP contribution in [0.25, 0.3) is 0 Å². The lowest BCUT2D eigenvalue weighted by Gasteiger charge is -2.13. The second kappa shape index (κ2) is 8.79. The van der Waals surface area contributed by atoms with E-state index in [1.54, 1.807) is 26.4 Å². The second-order valence-electron chi connectivity index (χ2n) is 5.42. The number of nitrogens with two attached hydrogens (primary N) is 1. The van der Waals surface area contributed by atoms with Gasteiger partial charge in [0.05, 0.1) is 12.1 Å². The van der Waals surface area contributed by atoms with Crippen molar-refractivity contribution < 1.29 is 9.47 Å². The molecule has 1 saturated carbocycles. The number of hydrogen-bond donors (Lipinski definition) is 2. The molecule has 1 aromatic rings. The summed E-state index contributed by atoms with van der Waals surface area (Å²) in [6.45, 7) is 1.51. The maximum atomic E-state index is 6.07. The number of ether oxygens (including phenoxy) is 2. The van der Waals surface area contributed by atoms with E-state index in [9.17, 15) is 0 Å². The smallest absolute Gasteiger partial charge is 0.193 e. The number of rotatable bonds is 7. The summed E-state index contributed by atoms with van der Waals surface area (Å²) in [5.74, 6) is 1.04. The number of anilines is 1. The fraction of sp³-hybridized carbons (Fsp3) is 0.533. The van der Waals surface area contributed by atoms with Gasteiger partial charge in [-0.1, -0.05) is 11.6 Å². The highest BCUT2D eigenvalue weighted by Crippen LogP contribution is 2.48. The predicted molar refractivity (Wildman–Crippen MR) is 102 cm³/mol. The molecule has 0 saturated heterocycles. The molecule has 22 heavy (non-hydrogen) atoms. The molecule has 1 aliphatic rings. The molecule has 0 radical (unpaired) electrons. The van der Waals surface area contributed by atoms with Gasteiger partial charge < -0.3 is 20.5 Å². The van der Waals surface area contributed by atoms with E-state index in [-0.39, 0.29) is 24.0 Å². The fourth-order valence-electron chi connectivity index (χ4n) is 2.17. The Kier molecular flexibility index (Phi) is 7.71. The summed E-state index contributed by atoms with van der Waals surface area (Å²) in [5, 5.41) is 3.58. The van der Waals surface area contributed by atoms with Gasteiger partial charge in [-0.05, 0) is 42.9 Å². The van der Waals surface area contributed by atoms with E-state index in [1.807, 2.05) is 6.07 Å². The van der Waals surface area contributed by atoms with E-state index in [0.29, 0.717) is 22.1 Å². The van der Waals surface area contributed by atoms with Crippen LogP contribution in [-0.2, 0) is 4.74 Å². The van der Waals surface area contributed by atoms with Crippen LogP contribution in [0, 0.1) is 5.41 Å². The largest absolute Gasteiger partial charge is 0.495 e. The maximum Gasteiger partial charge on any atom is 0.193 e. The number of benzene rings is 1. The summed E-state index contributed by atoms with van der Waals surface area (Å²) < 4.78 is 10.2. The van der Waals surface area contributed by atoms with Crippen LogP contribution >= 0.6 is 35.6 Å². The van der Waals surface area contributed by atoms with E-state index in [0.717, 1.165) is 25.3 Å². The Balaban J connectivity index is 0.00000242. The van der Waals surface area contributed by atoms with Gasteiger partial charge in [-0.3, -0.25) is 4.99 Å². The lowest BCUT2D eigenvalue weighted by atomic mass is 10.0. The standard InChI is InChI=1S/C15H22ClN3O2.HI/c1-20-8-7-15(5-6-15)10-18-14(17)19-11-3-4-13(21-2)12(16)9-11;/h3-4,9H,5-8,10H2,1-2H3,(H3,17,18,19);1H. The maximum absolute atomic E-state index is 6.07. The summed E-state index contributed by atoms with van der Waals surface area (Å²) in [6.07, 6.45) is 3.43. The van der Waals surface area contributed by atoms with Gasteiger partial charge in [0.2, 0.25) is 0 Å².